The molecule has 0 spiro atoms. The summed E-state index contributed by atoms with van der Waals surface area (Å²) in [5, 5.41) is 6.97. The van der Waals surface area contributed by atoms with Gasteiger partial charge in [-0.25, -0.2) is 0 Å². The van der Waals surface area contributed by atoms with Crippen LogP contribution in [0.1, 0.15) is 52.4 Å². The van der Waals surface area contributed by atoms with Crippen molar-refractivity contribution in [2.75, 3.05) is 39.0 Å². The molecule has 23 heavy (non-hydrogen) atoms. The first-order valence-corrected chi connectivity index (χ1v) is 9.94. The highest BCUT2D eigenvalue weighted by Crippen LogP contribution is 2.36. The van der Waals surface area contributed by atoms with Crippen LogP contribution in [0.3, 0.4) is 0 Å². The second-order valence-electron chi connectivity index (χ2n) is 6.99. The molecule has 2 atom stereocenters. The summed E-state index contributed by atoms with van der Waals surface area (Å²) in [6.45, 7) is 9.24. The van der Waals surface area contributed by atoms with Crippen molar-refractivity contribution in [2.45, 2.75) is 63.2 Å². The quantitative estimate of drug-likeness (QED) is 0.280. The third-order valence-electron chi connectivity index (χ3n) is 5.01. The highest BCUT2D eigenvalue weighted by atomic mass is 127. The van der Waals surface area contributed by atoms with Crippen LogP contribution in [0.5, 0.6) is 0 Å². The number of thioether (sulfide) groups is 1. The van der Waals surface area contributed by atoms with Crippen LogP contribution in [0.2, 0.25) is 0 Å². The van der Waals surface area contributed by atoms with Crippen molar-refractivity contribution in [3.05, 3.63) is 0 Å². The molecular formula is C17H35IN4S. The highest BCUT2D eigenvalue weighted by Gasteiger charge is 2.29. The molecule has 2 heterocycles. The third-order valence-corrected chi connectivity index (χ3v) is 6.55. The van der Waals surface area contributed by atoms with Crippen LogP contribution in [0.15, 0.2) is 4.99 Å². The molecule has 0 amide bonds. The van der Waals surface area contributed by atoms with E-state index in [2.05, 4.69) is 46.1 Å². The largest absolute Gasteiger partial charge is 0.356 e. The fraction of sp³-hybridized carbons (Fsp3) is 0.941. The van der Waals surface area contributed by atoms with Crippen molar-refractivity contribution in [1.82, 2.24) is 15.5 Å². The van der Waals surface area contributed by atoms with Gasteiger partial charge in [0.15, 0.2) is 5.96 Å². The second-order valence-corrected chi connectivity index (χ2v) is 8.67. The summed E-state index contributed by atoms with van der Waals surface area (Å²) in [7, 11) is 1.87. The zero-order valence-electron chi connectivity index (χ0n) is 15.1. The number of nitrogens with one attached hydrogen (secondary N) is 2. The number of halogens is 1. The van der Waals surface area contributed by atoms with Crippen LogP contribution in [-0.2, 0) is 0 Å². The summed E-state index contributed by atoms with van der Waals surface area (Å²) in [6.07, 6.45) is 8.00. The summed E-state index contributed by atoms with van der Waals surface area (Å²) in [6, 6.07) is 0.769. The van der Waals surface area contributed by atoms with Gasteiger partial charge in [0, 0.05) is 37.5 Å². The molecule has 2 rings (SSSR count). The molecule has 0 aromatic rings. The third kappa shape index (κ3) is 7.38. The highest BCUT2D eigenvalue weighted by molar-refractivity contribution is 14.0. The average molecular weight is 454 g/mol. The number of aliphatic imine (C=N–C) groups is 1. The van der Waals surface area contributed by atoms with Crippen LogP contribution >= 0.6 is 35.7 Å². The van der Waals surface area contributed by atoms with Crippen molar-refractivity contribution in [2.24, 2.45) is 4.99 Å². The monoisotopic (exact) mass is 454 g/mol. The molecule has 0 radical (unpaired) electrons. The lowest BCUT2D eigenvalue weighted by Gasteiger charge is -2.33. The fourth-order valence-electron chi connectivity index (χ4n) is 3.45. The summed E-state index contributed by atoms with van der Waals surface area (Å²) >= 11 is 2.09. The lowest BCUT2D eigenvalue weighted by Crippen LogP contribution is -2.44. The Hall–Kier alpha value is 0.310. The van der Waals surface area contributed by atoms with Crippen molar-refractivity contribution in [3.8, 4) is 0 Å². The maximum Gasteiger partial charge on any atom is 0.191 e. The smallest absolute Gasteiger partial charge is 0.191 e. The number of nitrogens with zero attached hydrogens (tertiary/aromatic N) is 2. The van der Waals surface area contributed by atoms with Gasteiger partial charge < -0.3 is 15.5 Å². The van der Waals surface area contributed by atoms with Gasteiger partial charge in [0.25, 0.3) is 0 Å². The topological polar surface area (TPSA) is 39.7 Å². The van der Waals surface area contributed by atoms with E-state index in [9.17, 15) is 0 Å². The Labute approximate surface area is 164 Å². The van der Waals surface area contributed by atoms with Crippen LogP contribution < -0.4 is 10.6 Å². The van der Waals surface area contributed by atoms with Gasteiger partial charge >= 0.3 is 0 Å². The normalized spacial score (nSPS) is 29.2. The van der Waals surface area contributed by atoms with Gasteiger partial charge in [0.2, 0.25) is 0 Å². The maximum atomic E-state index is 4.35. The Balaban J connectivity index is 0.00000264. The average Bonchev–Trinajstić information content (AvgIpc) is 2.95. The Bertz CT molecular complexity index is 359. The van der Waals surface area contributed by atoms with E-state index in [1.54, 1.807) is 0 Å². The van der Waals surface area contributed by atoms with Crippen LogP contribution in [0.25, 0.3) is 0 Å². The minimum absolute atomic E-state index is 0. The van der Waals surface area contributed by atoms with Gasteiger partial charge in [0.05, 0.1) is 0 Å². The SMILES string of the molecule is CN=C(NCCCN1CCCCC1C)NCC1(C)CCCS1.I. The van der Waals surface area contributed by atoms with Gasteiger partial charge in [0.1, 0.15) is 0 Å². The molecule has 0 aliphatic carbocycles. The van der Waals surface area contributed by atoms with Gasteiger partial charge in [-0.05, 0) is 58.2 Å². The zero-order chi connectivity index (χ0) is 15.8. The molecule has 2 unspecified atom stereocenters. The van der Waals surface area contributed by atoms with Gasteiger partial charge in [-0.3, -0.25) is 4.99 Å². The number of hydrogen-bond donors (Lipinski definition) is 2. The van der Waals surface area contributed by atoms with Crippen molar-refractivity contribution in [1.29, 1.82) is 0 Å². The summed E-state index contributed by atoms with van der Waals surface area (Å²) < 4.78 is 0.390. The van der Waals surface area contributed by atoms with E-state index in [0.29, 0.717) is 4.75 Å². The molecule has 0 saturated carbocycles. The Morgan fingerprint density at radius 2 is 2.13 bits per heavy atom. The number of piperidine rings is 1. The fourth-order valence-corrected chi connectivity index (χ4v) is 4.69. The Morgan fingerprint density at radius 1 is 1.30 bits per heavy atom. The lowest BCUT2D eigenvalue weighted by atomic mass is 10.0. The number of guanidine groups is 1. The van der Waals surface area contributed by atoms with Crippen molar-refractivity contribution >= 4 is 41.7 Å². The molecule has 2 aliphatic rings. The standard InChI is InChI=1S/C17H34N4S.HI/c1-15-8-4-5-11-21(15)12-7-10-19-16(18-3)20-14-17(2)9-6-13-22-17;/h15H,4-14H2,1-3H3,(H2,18,19,20);1H. The van der Waals surface area contributed by atoms with E-state index in [1.807, 2.05) is 7.05 Å². The summed E-state index contributed by atoms with van der Waals surface area (Å²) in [5.74, 6) is 2.26. The first-order chi connectivity index (χ1) is 10.6. The predicted octanol–water partition coefficient (Wildman–Crippen LogP) is 3.32. The van der Waals surface area contributed by atoms with E-state index in [-0.39, 0.29) is 24.0 Å². The van der Waals surface area contributed by atoms with Crippen LogP contribution in [-0.4, -0.2) is 60.6 Å². The summed E-state index contributed by atoms with van der Waals surface area (Å²) in [5.41, 5.74) is 0. The molecule has 2 saturated heterocycles. The van der Waals surface area contributed by atoms with Gasteiger partial charge in [-0.2, -0.15) is 11.8 Å². The minimum Gasteiger partial charge on any atom is -0.356 e. The Morgan fingerprint density at radius 3 is 2.78 bits per heavy atom. The molecule has 4 nitrogen and oxygen atoms in total. The molecule has 6 heteroatoms. The molecule has 0 aromatic heterocycles. The van der Waals surface area contributed by atoms with Gasteiger partial charge in [-0.15, -0.1) is 24.0 Å². The number of likely N-dealkylation sites (tertiary alicyclic amines) is 1. The van der Waals surface area contributed by atoms with Gasteiger partial charge in [-0.1, -0.05) is 6.42 Å². The molecule has 2 aliphatic heterocycles. The Kier molecular flexibility index (Phi) is 10.2. The first kappa shape index (κ1) is 21.4. The number of rotatable bonds is 6. The predicted molar refractivity (Wildman–Crippen MR) is 114 cm³/mol. The van der Waals surface area contributed by atoms with Crippen molar-refractivity contribution < 1.29 is 0 Å². The van der Waals surface area contributed by atoms with Crippen molar-refractivity contribution in [3.63, 3.8) is 0 Å². The van der Waals surface area contributed by atoms with E-state index in [0.717, 1.165) is 25.1 Å². The zero-order valence-corrected chi connectivity index (χ0v) is 18.2. The molecule has 2 fully saturated rings. The van der Waals surface area contributed by atoms with Crippen LogP contribution in [0.4, 0.5) is 0 Å². The van der Waals surface area contributed by atoms with E-state index >= 15 is 0 Å². The lowest BCUT2D eigenvalue weighted by molar-refractivity contribution is 0.159. The second kappa shape index (κ2) is 11.0. The molecule has 0 aromatic carbocycles. The van der Waals surface area contributed by atoms with E-state index in [1.165, 1.54) is 57.4 Å². The van der Waals surface area contributed by atoms with E-state index in [4.69, 9.17) is 0 Å². The van der Waals surface area contributed by atoms with Crippen LogP contribution in [0, 0.1) is 0 Å². The molecule has 136 valence electrons. The maximum absolute atomic E-state index is 4.35. The minimum atomic E-state index is 0. The first-order valence-electron chi connectivity index (χ1n) is 8.95. The molecular weight excluding hydrogens is 419 g/mol. The molecule has 0 bridgehead atoms. The van der Waals surface area contributed by atoms with E-state index < -0.39 is 0 Å². The number of hydrogen-bond acceptors (Lipinski definition) is 3. The summed E-state index contributed by atoms with van der Waals surface area (Å²) in [4.78, 5) is 6.99. The molecule has 2 N–H and O–H groups in total.